The molecule has 0 fully saturated rings. The Balaban J connectivity index is 2.32. The first-order valence-electron chi connectivity index (χ1n) is 5.74. The van der Waals surface area contributed by atoms with Gasteiger partial charge in [-0.3, -0.25) is 4.79 Å². The fourth-order valence-corrected chi connectivity index (χ4v) is 1.81. The average molecular weight is 261 g/mol. The van der Waals surface area contributed by atoms with Crippen molar-refractivity contribution >= 4 is 17.9 Å². The highest BCUT2D eigenvalue weighted by atomic mass is 35.5. The zero-order valence-electron chi connectivity index (χ0n) is 10.0. The van der Waals surface area contributed by atoms with Crippen molar-refractivity contribution < 1.29 is 9.53 Å². The molecule has 3 heteroatoms. The quantitative estimate of drug-likeness (QED) is 0.756. The molecule has 0 heterocycles. The van der Waals surface area contributed by atoms with Gasteiger partial charge in [0.1, 0.15) is 11.5 Å². The first-order valence-corrected chi connectivity index (χ1v) is 6.12. The minimum absolute atomic E-state index is 0.478. The van der Waals surface area contributed by atoms with Crippen molar-refractivity contribution in [2.75, 3.05) is 0 Å². The van der Waals surface area contributed by atoms with Gasteiger partial charge in [0.05, 0.1) is 5.56 Å². The first kappa shape index (κ1) is 12.7. The van der Waals surface area contributed by atoms with Crippen molar-refractivity contribution in [2.45, 2.75) is 13.3 Å². The van der Waals surface area contributed by atoms with Crippen LogP contribution in [-0.2, 0) is 6.42 Å². The Morgan fingerprint density at radius 1 is 1.22 bits per heavy atom. The van der Waals surface area contributed by atoms with E-state index in [1.54, 1.807) is 18.2 Å². The number of halogens is 1. The molecular formula is C15H13ClO2. The zero-order valence-corrected chi connectivity index (χ0v) is 10.8. The van der Waals surface area contributed by atoms with E-state index < -0.39 is 0 Å². The van der Waals surface area contributed by atoms with E-state index in [2.05, 4.69) is 6.92 Å². The topological polar surface area (TPSA) is 26.3 Å². The smallest absolute Gasteiger partial charge is 0.153 e. The maximum Gasteiger partial charge on any atom is 0.153 e. The monoisotopic (exact) mass is 260 g/mol. The SMILES string of the molecule is CCc1cccc(Oc2cc(Cl)ccc2C=O)c1. The van der Waals surface area contributed by atoms with Gasteiger partial charge in [-0.1, -0.05) is 30.7 Å². The predicted molar refractivity (Wildman–Crippen MR) is 72.7 cm³/mol. The molecule has 2 aromatic carbocycles. The number of hydrogen-bond donors (Lipinski definition) is 0. The van der Waals surface area contributed by atoms with Crippen molar-refractivity contribution in [3.8, 4) is 11.5 Å². The Kier molecular flexibility index (Phi) is 4.00. The van der Waals surface area contributed by atoms with Gasteiger partial charge in [0, 0.05) is 11.1 Å². The highest BCUT2D eigenvalue weighted by Gasteiger charge is 2.05. The second kappa shape index (κ2) is 5.69. The van der Waals surface area contributed by atoms with E-state index in [0.717, 1.165) is 12.7 Å². The first-order chi connectivity index (χ1) is 8.72. The zero-order chi connectivity index (χ0) is 13.0. The van der Waals surface area contributed by atoms with Crippen LogP contribution in [0.2, 0.25) is 5.02 Å². The van der Waals surface area contributed by atoms with Crippen LogP contribution >= 0.6 is 11.6 Å². The minimum Gasteiger partial charge on any atom is -0.457 e. The van der Waals surface area contributed by atoms with Gasteiger partial charge >= 0.3 is 0 Å². The van der Waals surface area contributed by atoms with Crippen LogP contribution < -0.4 is 4.74 Å². The van der Waals surface area contributed by atoms with Gasteiger partial charge in [0.25, 0.3) is 0 Å². The maximum absolute atomic E-state index is 10.9. The van der Waals surface area contributed by atoms with Gasteiger partial charge in [0.2, 0.25) is 0 Å². The molecule has 0 unspecified atom stereocenters. The molecule has 0 bridgehead atoms. The average Bonchev–Trinajstić information content (AvgIpc) is 2.39. The van der Waals surface area contributed by atoms with E-state index in [-0.39, 0.29) is 0 Å². The van der Waals surface area contributed by atoms with Crippen LogP contribution in [-0.4, -0.2) is 6.29 Å². The van der Waals surface area contributed by atoms with Gasteiger partial charge < -0.3 is 4.74 Å². The van der Waals surface area contributed by atoms with Gasteiger partial charge in [-0.05, 0) is 36.2 Å². The van der Waals surface area contributed by atoms with Crippen LogP contribution in [0.5, 0.6) is 11.5 Å². The summed E-state index contributed by atoms with van der Waals surface area (Å²) in [6, 6.07) is 12.7. The van der Waals surface area contributed by atoms with Gasteiger partial charge in [-0.15, -0.1) is 0 Å². The molecule has 0 aliphatic heterocycles. The summed E-state index contributed by atoms with van der Waals surface area (Å²) < 4.78 is 5.71. The van der Waals surface area contributed by atoms with Crippen molar-refractivity contribution in [1.82, 2.24) is 0 Å². The number of carbonyl (C=O) groups excluding carboxylic acids is 1. The molecule has 0 atom stereocenters. The van der Waals surface area contributed by atoms with Crippen LogP contribution in [0.3, 0.4) is 0 Å². The van der Waals surface area contributed by atoms with Crippen LogP contribution in [0.1, 0.15) is 22.8 Å². The molecule has 0 aliphatic rings. The number of aryl methyl sites for hydroxylation is 1. The van der Waals surface area contributed by atoms with Gasteiger partial charge in [-0.25, -0.2) is 0 Å². The molecule has 0 radical (unpaired) electrons. The molecule has 2 nitrogen and oxygen atoms in total. The molecule has 2 aromatic rings. The van der Waals surface area contributed by atoms with E-state index in [9.17, 15) is 4.79 Å². The Morgan fingerprint density at radius 3 is 2.78 bits per heavy atom. The lowest BCUT2D eigenvalue weighted by atomic mass is 10.1. The molecule has 2 rings (SSSR count). The van der Waals surface area contributed by atoms with Crippen LogP contribution in [0.15, 0.2) is 42.5 Å². The number of rotatable bonds is 4. The molecule has 0 N–H and O–H groups in total. The lowest BCUT2D eigenvalue weighted by Gasteiger charge is -2.09. The molecule has 0 amide bonds. The van der Waals surface area contributed by atoms with Gasteiger partial charge in [-0.2, -0.15) is 0 Å². The summed E-state index contributed by atoms with van der Waals surface area (Å²) in [4.78, 5) is 10.9. The number of ether oxygens (including phenoxy) is 1. The largest absolute Gasteiger partial charge is 0.457 e. The molecule has 0 saturated heterocycles. The standard InChI is InChI=1S/C15H13ClO2/c1-2-11-4-3-5-14(8-11)18-15-9-13(16)7-6-12(15)10-17/h3-10H,2H2,1H3. The van der Waals surface area contributed by atoms with Gasteiger partial charge in [0.15, 0.2) is 6.29 Å². The van der Waals surface area contributed by atoms with Crippen molar-refractivity contribution in [2.24, 2.45) is 0 Å². The molecule has 18 heavy (non-hydrogen) atoms. The number of aldehydes is 1. The lowest BCUT2D eigenvalue weighted by molar-refractivity contribution is 0.112. The van der Waals surface area contributed by atoms with Crippen LogP contribution in [0, 0.1) is 0 Å². The second-order valence-corrected chi connectivity index (χ2v) is 4.34. The Bertz CT molecular complexity index is 564. The lowest BCUT2D eigenvalue weighted by Crippen LogP contribution is -1.91. The van der Waals surface area contributed by atoms with E-state index in [4.69, 9.17) is 16.3 Å². The summed E-state index contributed by atoms with van der Waals surface area (Å²) >= 11 is 5.90. The Morgan fingerprint density at radius 2 is 2.06 bits per heavy atom. The van der Waals surface area contributed by atoms with Crippen LogP contribution in [0.25, 0.3) is 0 Å². The third kappa shape index (κ3) is 2.90. The number of benzene rings is 2. The van der Waals surface area contributed by atoms with Crippen molar-refractivity contribution in [1.29, 1.82) is 0 Å². The highest BCUT2D eigenvalue weighted by molar-refractivity contribution is 6.30. The summed E-state index contributed by atoms with van der Waals surface area (Å²) in [5.74, 6) is 1.19. The van der Waals surface area contributed by atoms with E-state index in [1.807, 2.05) is 24.3 Å². The fraction of sp³-hybridized carbons (Fsp3) is 0.133. The molecule has 0 saturated carbocycles. The van der Waals surface area contributed by atoms with Crippen molar-refractivity contribution in [3.63, 3.8) is 0 Å². The van der Waals surface area contributed by atoms with E-state index in [1.165, 1.54) is 5.56 Å². The van der Waals surface area contributed by atoms with E-state index in [0.29, 0.717) is 22.1 Å². The van der Waals surface area contributed by atoms with Crippen molar-refractivity contribution in [3.05, 3.63) is 58.6 Å². The second-order valence-electron chi connectivity index (χ2n) is 3.90. The summed E-state index contributed by atoms with van der Waals surface area (Å²) in [6.45, 7) is 2.08. The molecule has 0 spiro atoms. The predicted octanol–water partition coefficient (Wildman–Crippen LogP) is 4.51. The summed E-state index contributed by atoms with van der Waals surface area (Å²) in [5, 5.41) is 0.544. The molecule has 0 aliphatic carbocycles. The summed E-state index contributed by atoms with van der Waals surface area (Å²) in [7, 11) is 0. The minimum atomic E-state index is 0.478. The Hall–Kier alpha value is -1.80. The molecular weight excluding hydrogens is 248 g/mol. The Labute approximate surface area is 111 Å². The third-order valence-electron chi connectivity index (χ3n) is 2.64. The fourth-order valence-electron chi connectivity index (χ4n) is 1.65. The number of hydrogen-bond acceptors (Lipinski definition) is 2. The number of carbonyl (C=O) groups is 1. The summed E-state index contributed by atoms with van der Waals surface area (Å²) in [6.07, 6.45) is 1.70. The third-order valence-corrected chi connectivity index (χ3v) is 2.87. The van der Waals surface area contributed by atoms with E-state index >= 15 is 0 Å². The summed E-state index contributed by atoms with van der Waals surface area (Å²) in [5.41, 5.74) is 1.67. The normalized spacial score (nSPS) is 10.1. The maximum atomic E-state index is 10.9. The molecule has 92 valence electrons. The van der Waals surface area contributed by atoms with Crippen LogP contribution in [0.4, 0.5) is 0 Å². The molecule has 0 aromatic heterocycles. The highest BCUT2D eigenvalue weighted by Crippen LogP contribution is 2.28.